The average Bonchev–Trinajstić information content (AvgIpc) is 2.83. The zero-order valence-electron chi connectivity index (χ0n) is 12.6. The molecule has 0 unspecified atom stereocenters. The first kappa shape index (κ1) is 16.1. The zero-order chi connectivity index (χ0) is 18.1. The number of carboxylic acids is 1. The van der Waals surface area contributed by atoms with Gasteiger partial charge in [-0.3, -0.25) is 24.6 Å². The second kappa shape index (κ2) is 6.04. The van der Waals surface area contributed by atoms with Gasteiger partial charge in [-0.05, 0) is 23.8 Å². The van der Waals surface area contributed by atoms with Crippen LogP contribution in [0.3, 0.4) is 0 Å². The summed E-state index contributed by atoms with van der Waals surface area (Å²) in [7, 11) is 0. The molecule has 1 aliphatic rings. The number of imide groups is 1. The molecule has 0 aromatic heterocycles. The molecule has 0 saturated carbocycles. The Morgan fingerprint density at radius 1 is 1.08 bits per heavy atom. The summed E-state index contributed by atoms with van der Waals surface area (Å²) in [6.45, 7) is -0.212. The normalized spacial score (nSPS) is 12.9. The molecule has 0 radical (unpaired) electrons. The van der Waals surface area contributed by atoms with Crippen LogP contribution in [-0.2, 0) is 0 Å². The summed E-state index contributed by atoms with van der Waals surface area (Å²) >= 11 is 0. The minimum Gasteiger partial charge on any atom is -0.545 e. The second-order valence-electron chi connectivity index (χ2n) is 5.23. The molecule has 1 aliphatic heterocycles. The number of hydrogen-bond acceptors (Lipinski definition) is 7. The lowest BCUT2D eigenvalue weighted by atomic mass is 10.1. The third-order valence-corrected chi connectivity index (χ3v) is 3.70. The lowest BCUT2D eigenvalue weighted by Crippen LogP contribution is -2.34. The van der Waals surface area contributed by atoms with E-state index < -0.39 is 22.7 Å². The summed E-state index contributed by atoms with van der Waals surface area (Å²) in [4.78, 5) is 46.5. The zero-order valence-corrected chi connectivity index (χ0v) is 12.6. The molecule has 9 nitrogen and oxygen atoms in total. The lowest BCUT2D eigenvalue weighted by molar-refractivity contribution is -0.384. The summed E-state index contributed by atoms with van der Waals surface area (Å²) in [5, 5.41) is 24.4. The Morgan fingerprint density at radius 2 is 1.80 bits per heavy atom. The Morgan fingerprint density at radius 3 is 2.48 bits per heavy atom. The summed E-state index contributed by atoms with van der Waals surface area (Å²) in [6, 6.07) is 9.16. The van der Waals surface area contributed by atoms with E-state index in [9.17, 15) is 29.6 Å². The Labute approximate surface area is 140 Å². The van der Waals surface area contributed by atoms with Crippen molar-refractivity contribution in [2.24, 2.45) is 0 Å². The van der Waals surface area contributed by atoms with Crippen molar-refractivity contribution in [3.63, 3.8) is 0 Å². The number of non-ortho nitro benzene ring substituents is 1. The van der Waals surface area contributed by atoms with Gasteiger partial charge in [0.1, 0.15) is 0 Å². The first-order valence-corrected chi connectivity index (χ1v) is 7.08. The maximum Gasteiger partial charge on any atom is 0.270 e. The number of carboxylic acid groups (broad SMARTS) is 1. The molecule has 9 heteroatoms. The summed E-state index contributed by atoms with van der Waals surface area (Å²) in [5.41, 5.74) is 0.0916. The van der Waals surface area contributed by atoms with Crippen molar-refractivity contribution >= 4 is 29.2 Å². The summed E-state index contributed by atoms with van der Waals surface area (Å²) in [5.74, 6) is -2.60. The fraction of sp³-hybridized carbons (Fsp3) is 0.0625. The number of benzene rings is 2. The standard InChI is InChI=1S/C16H11N3O6/c20-14-12-5-4-11(19(24)25)7-13(12)15(21)18(14)8-17-10-3-1-2-9(6-10)16(22)23/h1-7,17H,8H2,(H,22,23)/p-1. The quantitative estimate of drug-likeness (QED) is 0.479. The number of carbonyl (C=O) groups is 3. The van der Waals surface area contributed by atoms with E-state index in [4.69, 9.17) is 0 Å². The summed E-state index contributed by atoms with van der Waals surface area (Å²) in [6.07, 6.45) is 0. The molecule has 3 rings (SSSR count). The molecule has 0 saturated heterocycles. The van der Waals surface area contributed by atoms with Gasteiger partial charge in [-0.15, -0.1) is 0 Å². The third kappa shape index (κ3) is 2.90. The van der Waals surface area contributed by atoms with Crippen molar-refractivity contribution in [1.29, 1.82) is 0 Å². The number of anilines is 1. The maximum atomic E-state index is 12.3. The van der Waals surface area contributed by atoms with E-state index in [0.29, 0.717) is 5.69 Å². The van der Waals surface area contributed by atoms with Crippen molar-refractivity contribution in [2.75, 3.05) is 12.0 Å². The van der Waals surface area contributed by atoms with Crippen LogP contribution in [0.2, 0.25) is 0 Å². The van der Waals surface area contributed by atoms with E-state index in [1.54, 1.807) is 6.07 Å². The monoisotopic (exact) mass is 340 g/mol. The van der Waals surface area contributed by atoms with Gasteiger partial charge in [0.2, 0.25) is 0 Å². The molecule has 0 atom stereocenters. The van der Waals surface area contributed by atoms with Crippen LogP contribution in [0, 0.1) is 10.1 Å². The first-order chi connectivity index (χ1) is 11.9. The van der Waals surface area contributed by atoms with E-state index in [-0.39, 0.29) is 29.0 Å². The predicted molar refractivity (Wildman–Crippen MR) is 82.9 cm³/mol. The molecule has 126 valence electrons. The molecule has 2 amide bonds. The van der Waals surface area contributed by atoms with E-state index in [1.807, 2.05) is 0 Å². The number of nitro groups is 1. The highest BCUT2D eigenvalue weighted by Gasteiger charge is 2.36. The number of carbonyl (C=O) groups excluding carboxylic acids is 3. The highest BCUT2D eigenvalue weighted by molar-refractivity contribution is 6.21. The van der Waals surface area contributed by atoms with Gasteiger partial charge in [0.15, 0.2) is 0 Å². The van der Waals surface area contributed by atoms with Crippen molar-refractivity contribution in [2.45, 2.75) is 0 Å². The van der Waals surface area contributed by atoms with Gasteiger partial charge in [0, 0.05) is 17.8 Å². The molecule has 1 N–H and O–H groups in total. The minimum absolute atomic E-state index is 0.0375. The molecule has 25 heavy (non-hydrogen) atoms. The van der Waals surface area contributed by atoms with Crippen LogP contribution in [0.5, 0.6) is 0 Å². The predicted octanol–water partition coefficient (Wildman–Crippen LogP) is 0.624. The van der Waals surface area contributed by atoms with Gasteiger partial charge >= 0.3 is 0 Å². The molecule has 0 aliphatic carbocycles. The summed E-state index contributed by atoms with van der Waals surface area (Å²) < 4.78 is 0. The van der Waals surface area contributed by atoms with Crippen LogP contribution in [0.15, 0.2) is 42.5 Å². The first-order valence-electron chi connectivity index (χ1n) is 7.08. The molecule has 1 heterocycles. The van der Waals surface area contributed by atoms with Crippen molar-refractivity contribution in [1.82, 2.24) is 4.90 Å². The number of amides is 2. The number of hydrogen-bond donors (Lipinski definition) is 1. The van der Waals surface area contributed by atoms with Crippen LogP contribution in [0.25, 0.3) is 0 Å². The molecule has 0 bridgehead atoms. The fourth-order valence-electron chi connectivity index (χ4n) is 2.46. The molecule has 2 aromatic carbocycles. The smallest absolute Gasteiger partial charge is 0.270 e. The van der Waals surface area contributed by atoms with Crippen LogP contribution in [0.4, 0.5) is 11.4 Å². The highest BCUT2D eigenvalue weighted by Crippen LogP contribution is 2.26. The van der Waals surface area contributed by atoms with Gasteiger partial charge in [0.25, 0.3) is 17.5 Å². The fourth-order valence-corrected chi connectivity index (χ4v) is 2.46. The van der Waals surface area contributed by atoms with Gasteiger partial charge in [0.05, 0.1) is 28.7 Å². The molecular formula is C16H10N3O6-. The van der Waals surface area contributed by atoms with E-state index in [1.165, 1.54) is 24.3 Å². The van der Waals surface area contributed by atoms with E-state index >= 15 is 0 Å². The van der Waals surface area contributed by atoms with Crippen molar-refractivity contribution in [3.05, 3.63) is 69.3 Å². The van der Waals surface area contributed by atoms with Crippen LogP contribution >= 0.6 is 0 Å². The van der Waals surface area contributed by atoms with Gasteiger partial charge in [-0.1, -0.05) is 12.1 Å². The molecule has 2 aromatic rings. The van der Waals surface area contributed by atoms with Crippen LogP contribution in [-0.4, -0.2) is 34.3 Å². The number of rotatable bonds is 5. The Kier molecular flexibility index (Phi) is 3.89. The highest BCUT2D eigenvalue weighted by atomic mass is 16.6. The minimum atomic E-state index is -1.35. The van der Waals surface area contributed by atoms with Gasteiger partial charge in [-0.25, -0.2) is 0 Å². The Balaban J connectivity index is 1.79. The number of nitrogens with zero attached hydrogens (tertiary/aromatic N) is 2. The Hall–Kier alpha value is -3.75. The Bertz CT molecular complexity index is 924. The van der Waals surface area contributed by atoms with Gasteiger partial charge in [-0.2, -0.15) is 0 Å². The van der Waals surface area contributed by atoms with Crippen molar-refractivity contribution in [3.8, 4) is 0 Å². The van der Waals surface area contributed by atoms with Gasteiger partial charge < -0.3 is 15.2 Å². The van der Waals surface area contributed by atoms with Crippen molar-refractivity contribution < 1.29 is 24.4 Å². The number of fused-ring (bicyclic) bond motifs is 1. The lowest BCUT2D eigenvalue weighted by Gasteiger charge is -2.16. The number of aromatic carboxylic acids is 1. The molecule has 0 fully saturated rings. The molecular weight excluding hydrogens is 330 g/mol. The maximum absolute atomic E-state index is 12.3. The average molecular weight is 340 g/mol. The third-order valence-electron chi connectivity index (χ3n) is 3.70. The number of nitro benzene ring substituents is 1. The SMILES string of the molecule is O=C([O-])c1cccc(NCN2C(=O)c3ccc([N+](=O)[O-])cc3C2=O)c1. The topological polar surface area (TPSA) is 133 Å². The van der Waals surface area contributed by atoms with Crippen LogP contribution in [0.1, 0.15) is 31.1 Å². The second-order valence-corrected chi connectivity index (χ2v) is 5.23. The number of nitrogens with one attached hydrogen (secondary N) is 1. The van der Waals surface area contributed by atoms with Crippen LogP contribution < -0.4 is 10.4 Å². The molecule has 0 spiro atoms. The van der Waals surface area contributed by atoms with E-state index in [2.05, 4.69) is 5.32 Å². The van der Waals surface area contributed by atoms with E-state index in [0.717, 1.165) is 17.0 Å². The largest absolute Gasteiger partial charge is 0.545 e.